The van der Waals surface area contributed by atoms with E-state index >= 15 is 0 Å². The number of benzene rings is 3. The molecule has 194 valence electrons. The molecule has 0 saturated carbocycles. The zero-order chi connectivity index (χ0) is 27.0. The van der Waals surface area contributed by atoms with Crippen molar-refractivity contribution in [3.05, 3.63) is 78.2 Å². The van der Waals surface area contributed by atoms with E-state index in [9.17, 15) is 4.79 Å². The third-order valence-electron chi connectivity index (χ3n) is 6.20. The van der Waals surface area contributed by atoms with Gasteiger partial charge in [0, 0.05) is 23.3 Å². The van der Waals surface area contributed by atoms with Gasteiger partial charge in [-0.3, -0.25) is 14.5 Å². The van der Waals surface area contributed by atoms with Crippen LogP contribution in [-0.4, -0.2) is 34.9 Å². The molecule has 0 aliphatic rings. The number of aromatic nitrogens is 3. The van der Waals surface area contributed by atoms with E-state index in [2.05, 4.69) is 15.4 Å². The molecule has 5 aromatic rings. The number of anilines is 1. The summed E-state index contributed by atoms with van der Waals surface area (Å²) >= 11 is 0. The Hall–Kier alpha value is -4.59. The molecule has 0 radical (unpaired) electrons. The van der Waals surface area contributed by atoms with Crippen LogP contribution in [0.25, 0.3) is 21.7 Å². The quantitative estimate of drug-likeness (QED) is 0.273. The van der Waals surface area contributed by atoms with Crippen LogP contribution < -0.4 is 19.5 Å². The van der Waals surface area contributed by atoms with Crippen molar-refractivity contribution in [1.82, 2.24) is 14.8 Å². The highest BCUT2D eigenvalue weighted by atomic mass is 16.5. The van der Waals surface area contributed by atoms with Gasteiger partial charge in [-0.05, 0) is 80.9 Å². The lowest BCUT2D eigenvalue weighted by molar-refractivity contribution is 0.100. The number of amides is 1. The van der Waals surface area contributed by atoms with Crippen LogP contribution in [0.4, 0.5) is 5.69 Å². The monoisotopic (exact) mass is 510 g/mol. The maximum absolute atomic E-state index is 13.1. The first-order chi connectivity index (χ1) is 18.2. The first kappa shape index (κ1) is 25.1. The molecular formula is C30H30N4O4. The number of hydrogen-bond donors (Lipinski definition) is 1. The van der Waals surface area contributed by atoms with Gasteiger partial charge in [-0.25, -0.2) is 0 Å². The van der Waals surface area contributed by atoms with E-state index in [1.54, 1.807) is 31.2 Å². The lowest BCUT2D eigenvalue weighted by Gasteiger charge is -2.22. The number of aryl methyl sites for hydroxylation is 1. The molecule has 0 bridgehead atoms. The molecule has 0 atom stereocenters. The summed E-state index contributed by atoms with van der Waals surface area (Å²) < 4.78 is 18.9. The fourth-order valence-corrected chi connectivity index (χ4v) is 4.40. The average Bonchev–Trinajstić information content (AvgIpc) is 3.30. The predicted octanol–water partition coefficient (Wildman–Crippen LogP) is 6.71. The summed E-state index contributed by atoms with van der Waals surface area (Å²) in [6.45, 7) is 7.95. The topological polar surface area (TPSA) is 87.5 Å². The fourth-order valence-electron chi connectivity index (χ4n) is 4.40. The second-order valence-electron chi connectivity index (χ2n) is 10.1. The molecule has 5 rings (SSSR count). The highest BCUT2D eigenvalue weighted by Crippen LogP contribution is 2.37. The van der Waals surface area contributed by atoms with E-state index in [1.165, 1.54) is 0 Å². The number of ether oxygens (including phenoxy) is 3. The molecule has 0 saturated heterocycles. The van der Waals surface area contributed by atoms with Crippen LogP contribution in [0.3, 0.4) is 0 Å². The lowest BCUT2D eigenvalue weighted by atomic mass is 10.1. The van der Waals surface area contributed by atoms with E-state index in [0.29, 0.717) is 34.4 Å². The molecule has 2 heterocycles. The van der Waals surface area contributed by atoms with Crippen LogP contribution in [0.2, 0.25) is 0 Å². The number of carbonyl (C=O) groups is 1. The van der Waals surface area contributed by atoms with Gasteiger partial charge in [-0.1, -0.05) is 12.1 Å². The van der Waals surface area contributed by atoms with Crippen molar-refractivity contribution >= 4 is 33.3 Å². The van der Waals surface area contributed by atoms with Crippen LogP contribution in [0.1, 0.15) is 37.0 Å². The third kappa shape index (κ3) is 4.85. The molecular weight excluding hydrogens is 480 g/mol. The molecule has 0 aliphatic heterocycles. The Labute approximate surface area is 221 Å². The molecule has 0 aliphatic carbocycles. The van der Waals surface area contributed by atoms with Gasteiger partial charge in [0.2, 0.25) is 0 Å². The van der Waals surface area contributed by atoms with Gasteiger partial charge in [0.05, 0.1) is 31.0 Å². The van der Waals surface area contributed by atoms with Gasteiger partial charge in [0.15, 0.2) is 11.5 Å². The number of nitrogens with zero attached hydrogens (tertiary/aromatic N) is 3. The molecule has 0 fully saturated rings. The zero-order valence-corrected chi connectivity index (χ0v) is 22.3. The molecule has 1 N–H and O–H groups in total. The Morgan fingerprint density at radius 1 is 0.868 bits per heavy atom. The predicted molar refractivity (Wildman–Crippen MR) is 149 cm³/mol. The highest BCUT2D eigenvalue weighted by Gasteiger charge is 2.23. The van der Waals surface area contributed by atoms with Crippen LogP contribution in [0, 0.1) is 6.92 Å². The number of methoxy groups -OCH3 is 2. The zero-order valence-electron chi connectivity index (χ0n) is 22.3. The standard InChI is InChI=1S/C30H30N4O4/c1-18-13-25(34(33-18)30(2,3)4)29(35)32-21-9-7-20-15-22(10-8-19(20)14-21)38-26-11-12-31-24-17-28(37-6)27(36-5)16-23(24)26/h7-17H,1-6H3,(H,32,35). The maximum atomic E-state index is 13.1. The van der Waals surface area contributed by atoms with Gasteiger partial charge in [-0.2, -0.15) is 5.10 Å². The number of fused-ring (bicyclic) bond motifs is 2. The molecule has 0 unspecified atom stereocenters. The van der Waals surface area contributed by atoms with E-state index in [0.717, 1.165) is 27.4 Å². The summed E-state index contributed by atoms with van der Waals surface area (Å²) in [5, 5.41) is 10.3. The normalized spacial score (nSPS) is 11.5. The molecule has 38 heavy (non-hydrogen) atoms. The Bertz CT molecular complexity index is 1670. The minimum Gasteiger partial charge on any atom is -0.493 e. The summed E-state index contributed by atoms with van der Waals surface area (Å²) in [6, 6.07) is 18.9. The second kappa shape index (κ2) is 9.70. The minimum absolute atomic E-state index is 0.198. The van der Waals surface area contributed by atoms with Gasteiger partial charge >= 0.3 is 0 Å². The van der Waals surface area contributed by atoms with Crippen molar-refractivity contribution in [1.29, 1.82) is 0 Å². The Morgan fingerprint density at radius 2 is 1.58 bits per heavy atom. The lowest BCUT2D eigenvalue weighted by Crippen LogP contribution is -2.29. The van der Waals surface area contributed by atoms with Crippen LogP contribution in [-0.2, 0) is 5.54 Å². The number of rotatable bonds is 6. The van der Waals surface area contributed by atoms with Crippen molar-refractivity contribution in [3.63, 3.8) is 0 Å². The number of carbonyl (C=O) groups excluding carboxylic acids is 1. The van der Waals surface area contributed by atoms with E-state index in [-0.39, 0.29) is 11.4 Å². The van der Waals surface area contributed by atoms with Crippen molar-refractivity contribution in [2.75, 3.05) is 19.5 Å². The summed E-state index contributed by atoms with van der Waals surface area (Å²) in [6.07, 6.45) is 1.70. The van der Waals surface area contributed by atoms with Gasteiger partial charge in [0.25, 0.3) is 5.91 Å². The van der Waals surface area contributed by atoms with E-state index < -0.39 is 0 Å². The minimum atomic E-state index is -0.307. The number of pyridine rings is 1. The largest absolute Gasteiger partial charge is 0.493 e. The summed E-state index contributed by atoms with van der Waals surface area (Å²) in [5.74, 6) is 2.35. The first-order valence-corrected chi connectivity index (χ1v) is 12.3. The van der Waals surface area contributed by atoms with Crippen LogP contribution in [0.15, 0.2) is 66.9 Å². The molecule has 3 aromatic carbocycles. The molecule has 0 spiro atoms. The van der Waals surface area contributed by atoms with Crippen molar-refractivity contribution in [2.45, 2.75) is 33.2 Å². The smallest absolute Gasteiger partial charge is 0.273 e. The summed E-state index contributed by atoms with van der Waals surface area (Å²) in [5.41, 5.74) is 2.47. The number of hydrogen-bond acceptors (Lipinski definition) is 6. The Kier molecular flexibility index (Phi) is 6.40. The molecule has 8 heteroatoms. The molecule has 2 aromatic heterocycles. The van der Waals surface area contributed by atoms with E-state index in [4.69, 9.17) is 14.2 Å². The SMILES string of the molecule is COc1cc2nccc(Oc3ccc4cc(NC(=O)c5cc(C)nn5C(C)(C)C)ccc4c3)c2cc1OC. The third-order valence-corrected chi connectivity index (χ3v) is 6.20. The van der Waals surface area contributed by atoms with Crippen molar-refractivity contribution in [3.8, 4) is 23.0 Å². The fraction of sp³-hybridized carbons (Fsp3) is 0.233. The Balaban J connectivity index is 1.40. The Morgan fingerprint density at radius 3 is 2.32 bits per heavy atom. The highest BCUT2D eigenvalue weighted by molar-refractivity contribution is 6.04. The maximum Gasteiger partial charge on any atom is 0.273 e. The van der Waals surface area contributed by atoms with Crippen molar-refractivity contribution < 1.29 is 19.0 Å². The van der Waals surface area contributed by atoms with E-state index in [1.807, 2.05) is 82.3 Å². The van der Waals surface area contributed by atoms with Crippen LogP contribution >= 0.6 is 0 Å². The first-order valence-electron chi connectivity index (χ1n) is 12.3. The van der Waals surface area contributed by atoms with Gasteiger partial charge < -0.3 is 19.5 Å². The van der Waals surface area contributed by atoms with Crippen molar-refractivity contribution in [2.24, 2.45) is 0 Å². The van der Waals surface area contributed by atoms with Crippen LogP contribution in [0.5, 0.6) is 23.0 Å². The summed E-state index contributed by atoms with van der Waals surface area (Å²) in [7, 11) is 3.19. The average molecular weight is 511 g/mol. The van der Waals surface area contributed by atoms with Gasteiger partial charge in [-0.15, -0.1) is 0 Å². The molecule has 8 nitrogen and oxygen atoms in total. The number of nitrogens with one attached hydrogen (secondary N) is 1. The second-order valence-corrected chi connectivity index (χ2v) is 10.1. The van der Waals surface area contributed by atoms with Gasteiger partial charge in [0.1, 0.15) is 17.2 Å². The summed E-state index contributed by atoms with van der Waals surface area (Å²) in [4.78, 5) is 17.5. The molecule has 1 amide bonds.